The number of rotatable bonds is 3. The normalized spacial score (nSPS) is 13.5. The summed E-state index contributed by atoms with van der Waals surface area (Å²) in [5.74, 6) is 1.06. The molecule has 3 heteroatoms. The third-order valence-corrected chi connectivity index (χ3v) is 5.37. The summed E-state index contributed by atoms with van der Waals surface area (Å²) in [5, 5.41) is 2.19. The fraction of sp³-hybridized carbons (Fsp3) is 0.190. The molecule has 0 saturated carbocycles. The largest absolute Gasteiger partial charge is 0.299 e. The SMILES string of the molecule is Cc1cccc(CC2=CCC=Cn3c(-c4cc(C)cs4)cnc32)c1. The minimum Gasteiger partial charge on any atom is -0.299 e. The van der Waals surface area contributed by atoms with Crippen LogP contribution in [0.4, 0.5) is 0 Å². The van der Waals surface area contributed by atoms with E-state index in [2.05, 4.69) is 72.5 Å². The van der Waals surface area contributed by atoms with Gasteiger partial charge in [-0.2, -0.15) is 0 Å². The van der Waals surface area contributed by atoms with Crippen LogP contribution in [-0.2, 0) is 6.42 Å². The van der Waals surface area contributed by atoms with Crippen molar-refractivity contribution in [2.45, 2.75) is 26.7 Å². The molecule has 0 amide bonds. The van der Waals surface area contributed by atoms with Crippen LogP contribution in [-0.4, -0.2) is 9.55 Å². The number of aromatic nitrogens is 2. The van der Waals surface area contributed by atoms with Crippen molar-refractivity contribution in [2.75, 3.05) is 0 Å². The quantitative estimate of drug-likeness (QED) is 0.599. The molecule has 0 aliphatic carbocycles. The summed E-state index contributed by atoms with van der Waals surface area (Å²) in [6, 6.07) is 11.0. The molecular weight excluding hydrogens is 312 g/mol. The predicted molar refractivity (Wildman–Crippen MR) is 103 cm³/mol. The van der Waals surface area contributed by atoms with Gasteiger partial charge < -0.3 is 0 Å². The van der Waals surface area contributed by atoms with Crippen LogP contribution in [0.15, 0.2) is 54.1 Å². The average molecular weight is 332 g/mol. The van der Waals surface area contributed by atoms with Crippen LogP contribution in [0.3, 0.4) is 0 Å². The zero-order chi connectivity index (χ0) is 16.5. The maximum atomic E-state index is 4.75. The Kier molecular flexibility index (Phi) is 3.95. The van der Waals surface area contributed by atoms with Gasteiger partial charge in [0, 0.05) is 12.6 Å². The van der Waals surface area contributed by atoms with E-state index in [1.807, 2.05) is 6.20 Å². The lowest BCUT2D eigenvalue weighted by Crippen LogP contribution is -1.99. The van der Waals surface area contributed by atoms with Crippen molar-refractivity contribution in [1.29, 1.82) is 0 Å². The van der Waals surface area contributed by atoms with Gasteiger partial charge in [-0.05, 0) is 48.4 Å². The lowest BCUT2D eigenvalue weighted by molar-refractivity contribution is 1.07. The van der Waals surface area contributed by atoms with Gasteiger partial charge in [-0.15, -0.1) is 11.3 Å². The third kappa shape index (κ3) is 2.87. The van der Waals surface area contributed by atoms with E-state index < -0.39 is 0 Å². The summed E-state index contributed by atoms with van der Waals surface area (Å²) in [6.07, 6.45) is 10.5. The first-order valence-electron chi connectivity index (χ1n) is 8.25. The summed E-state index contributed by atoms with van der Waals surface area (Å²) in [5.41, 5.74) is 6.42. The Bertz CT molecular complexity index is 940. The predicted octanol–water partition coefficient (Wildman–Crippen LogP) is 5.73. The number of benzene rings is 1. The van der Waals surface area contributed by atoms with E-state index in [-0.39, 0.29) is 0 Å². The summed E-state index contributed by atoms with van der Waals surface area (Å²) in [7, 11) is 0. The van der Waals surface area contributed by atoms with E-state index in [1.165, 1.54) is 32.8 Å². The van der Waals surface area contributed by atoms with Crippen molar-refractivity contribution in [3.8, 4) is 10.6 Å². The van der Waals surface area contributed by atoms with Gasteiger partial charge in [-0.1, -0.05) is 42.0 Å². The summed E-state index contributed by atoms with van der Waals surface area (Å²) in [4.78, 5) is 6.02. The molecule has 0 fully saturated rings. The zero-order valence-electron chi connectivity index (χ0n) is 14.0. The molecular formula is C21H20N2S. The molecule has 1 aromatic carbocycles. The topological polar surface area (TPSA) is 17.8 Å². The zero-order valence-corrected chi connectivity index (χ0v) is 14.8. The van der Waals surface area contributed by atoms with Crippen molar-refractivity contribution in [2.24, 2.45) is 0 Å². The van der Waals surface area contributed by atoms with E-state index in [0.717, 1.165) is 18.7 Å². The number of imidazole rings is 1. The number of fused-ring (bicyclic) bond motifs is 1. The van der Waals surface area contributed by atoms with Crippen molar-refractivity contribution < 1.29 is 0 Å². The highest BCUT2D eigenvalue weighted by Crippen LogP contribution is 2.32. The van der Waals surface area contributed by atoms with Gasteiger partial charge in [0.25, 0.3) is 0 Å². The number of nitrogens with zero attached hydrogens (tertiary/aromatic N) is 2. The number of hydrogen-bond acceptors (Lipinski definition) is 2. The second kappa shape index (κ2) is 6.25. The van der Waals surface area contributed by atoms with Crippen molar-refractivity contribution in [1.82, 2.24) is 9.55 Å². The number of thiophene rings is 1. The Hall–Kier alpha value is -2.39. The molecule has 0 spiro atoms. The Morgan fingerprint density at radius 3 is 2.88 bits per heavy atom. The van der Waals surface area contributed by atoms with Gasteiger partial charge in [0.1, 0.15) is 5.82 Å². The highest BCUT2D eigenvalue weighted by atomic mass is 32.1. The average Bonchev–Trinajstić information content (AvgIpc) is 3.11. The molecule has 120 valence electrons. The highest BCUT2D eigenvalue weighted by Gasteiger charge is 2.16. The molecule has 3 aromatic rings. The lowest BCUT2D eigenvalue weighted by atomic mass is 10.0. The van der Waals surface area contributed by atoms with Gasteiger partial charge in [-0.3, -0.25) is 4.57 Å². The molecule has 4 rings (SSSR count). The van der Waals surface area contributed by atoms with Gasteiger partial charge >= 0.3 is 0 Å². The van der Waals surface area contributed by atoms with Crippen LogP contribution in [0, 0.1) is 13.8 Å². The van der Waals surface area contributed by atoms with Crippen LogP contribution in [0.1, 0.15) is 28.9 Å². The van der Waals surface area contributed by atoms with E-state index in [0.29, 0.717) is 0 Å². The van der Waals surface area contributed by atoms with E-state index in [4.69, 9.17) is 4.98 Å². The molecule has 2 aromatic heterocycles. The van der Waals surface area contributed by atoms with E-state index in [1.54, 1.807) is 11.3 Å². The summed E-state index contributed by atoms with van der Waals surface area (Å²) in [6.45, 7) is 4.28. The monoisotopic (exact) mass is 332 g/mol. The van der Waals surface area contributed by atoms with Gasteiger partial charge in [0.2, 0.25) is 0 Å². The van der Waals surface area contributed by atoms with E-state index in [9.17, 15) is 0 Å². The fourth-order valence-electron chi connectivity index (χ4n) is 3.16. The number of hydrogen-bond donors (Lipinski definition) is 0. The summed E-state index contributed by atoms with van der Waals surface area (Å²) >= 11 is 1.78. The van der Waals surface area contributed by atoms with Crippen LogP contribution in [0.25, 0.3) is 22.3 Å². The van der Waals surface area contributed by atoms with Crippen LogP contribution < -0.4 is 0 Å². The number of aryl methyl sites for hydroxylation is 2. The molecule has 2 nitrogen and oxygen atoms in total. The summed E-state index contributed by atoms with van der Waals surface area (Å²) < 4.78 is 2.24. The Labute approximate surface area is 146 Å². The first-order valence-corrected chi connectivity index (χ1v) is 9.13. The highest BCUT2D eigenvalue weighted by molar-refractivity contribution is 7.13. The smallest absolute Gasteiger partial charge is 0.140 e. The molecule has 1 aliphatic heterocycles. The molecule has 1 aliphatic rings. The van der Waals surface area contributed by atoms with Gasteiger partial charge in [0.05, 0.1) is 16.8 Å². The molecule has 0 radical (unpaired) electrons. The Morgan fingerprint density at radius 2 is 2.08 bits per heavy atom. The molecule has 0 atom stereocenters. The maximum absolute atomic E-state index is 4.75. The maximum Gasteiger partial charge on any atom is 0.140 e. The first-order chi connectivity index (χ1) is 11.7. The molecule has 0 unspecified atom stereocenters. The van der Waals surface area contributed by atoms with Crippen molar-refractivity contribution >= 4 is 23.1 Å². The Morgan fingerprint density at radius 1 is 1.17 bits per heavy atom. The van der Waals surface area contributed by atoms with Crippen molar-refractivity contribution in [3.63, 3.8) is 0 Å². The fourth-order valence-corrected chi connectivity index (χ4v) is 4.06. The third-order valence-electron chi connectivity index (χ3n) is 4.30. The second-order valence-corrected chi connectivity index (χ2v) is 7.25. The van der Waals surface area contributed by atoms with E-state index >= 15 is 0 Å². The van der Waals surface area contributed by atoms with Crippen LogP contribution in [0.5, 0.6) is 0 Å². The van der Waals surface area contributed by atoms with Crippen LogP contribution in [0.2, 0.25) is 0 Å². The standard InChI is InChI=1S/C21H20N2S/c1-15-6-5-7-17(10-15)12-18-8-3-4-9-23-19(13-22-21(18)23)20-11-16(2)14-24-20/h4-11,13-14H,3,12H2,1-2H3. The van der Waals surface area contributed by atoms with Gasteiger partial charge in [0.15, 0.2) is 0 Å². The Balaban J connectivity index is 1.73. The minimum atomic E-state index is 0.920. The molecule has 24 heavy (non-hydrogen) atoms. The molecule has 0 bridgehead atoms. The van der Waals surface area contributed by atoms with Crippen LogP contribution >= 0.6 is 11.3 Å². The minimum absolute atomic E-state index is 0.920. The number of allylic oxidation sites excluding steroid dienone is 3. The molecule has 0 N–H and O–H groups in total. The first kappa shape index (κ1) is 15.2. The molecule has 3 heterocycles. The lowest BCUT2D eigenvalue weighted by Gasteiger charge is -2.09. The van der Waals surface area contributed by atoms with Crippen molar-refractivity contribution in [3.05, 3.63) is 76.6 Å². The second-order valence-electron chi connectivity index (χ2n) is 6.34. The van der Waals surface area contributed by atoms with Gasteiger partial charge in [-0.25, -0.2) is 4.98 Å². The molecule has 0 saturated heterocycles.